The van der Waals surface area contributed by atoms with E-state index in [1.807, 2.05) is 24.3 Å². The molecule has 3 rings (SSSR count). The number of nitrogens with zero attached hydrogens (tertiary/aromatic N) is 2. The lowest BCUT2D eigenvalue weighted by Crippen LogP contribution is -2.26. The van der Waals surface area contributed by atoms with Crippen LogP contribution in [0.1, 0.15) is 27.6 Å². The van der Waals surface area contributed by atoms with Gasteiger partial charge in [-0.3, -0.25) is 4.79 Å². The average Bonchev–Trinajstić information content (AvgIpc) is 3.05. The molecule has 0 saturated heterocycles. The minimum atomic E-state index is -0.202. The summed E-state index contributed by atoms with van der Waals surface area (Å²) in [4.78, 5) is 16.5. The number of hydrogen-bond acceptors (Lipinski definition) is 5. The Morgan fingerprint density at radius 3 is 2.85 bits per heavy atom. The molecule has 0 atom stereocenters. The Morgan fingerprint density at radius 1 is 1.23 bits per heavy atom. The zero-order chi connectivity index (χ0) is 18.4. The number of benzene rings is 2. The molecule has 0 bridgehead atoms. The van der Waals surface area contributed by atoms with Crippen molar-refractivity contribution in [1.29, 1.82) is 0 Å². The van der Waals surface area contributed by atoms with Crippen molar-refractivity contribution in [3.05, 3.63) is 76.4 Å². The molecule has 0 aliphatic carbocycles. The maximum Gasteiger partial charge on any atom is 0.255 e. The van der Waals surface area contributed by atoms with Crippen LogP contribution < -0.4 is 10.1 Å². The Bertz CT molecular complexity index is 895. The topological polar surface area (TPSA) is 77.2 Å². The van der Waals surface area contributed by atoms with Gasteiger partial charge < -0.3 is 14.6 Å². The minimum Gasteiger partial charge on any atom is -0.485 e. The number of aromatic nitrogens is 2. The first kappa shape index (κ1) is 17.9. The summed E-state index contributed by atoms with van der Waals surface area (Å²) in [7, 11) is 0. The van der Waals surface area contributed by atoms with Gasteiger partial charge in [0.05, 0.1) is 5.56 Å². The van der Waals surface area contributed by atoms with Crippen LogP contribution in [0.2, 0.25) is 5.02 Å². The highest BCUT2D eigenvalue weighted by molar-refractivity contribution is 6.30. The van der Waals surface area contributed by atoms with Crippen molar-refractivity contribution in [2.75, 3.05) is 6.54 Å². The molecule has 1 N–H and O–H groups in total. The van der Waals surface area contributed by atoms with E-state index in [1.54, 1.807) is 31.2 Å². The fourth-order valence-corrected chi connectivity index (χ4v) is 2.64. The van der Waals surface area contributed by atoms with Crippen molar-refractivity contribution in [1.82, 2.24) is 15.5 Å². The molecule has 0 unspecified atom stereocenters. The van der Waals surface area contributed by atoms with E-state index in [4.69, 9.17) is 20.9 Å². The molecule has 0 saturated carbocycles. The molecule has 3 aromatic rings. The van der Waals surface area contributed by atoms with E-state index < -0.39 is 0 Å². The van der Waals surface area contributed by atoms with E-state index in [0.717, 1.165) is 5.56 Å². The number of hydrogen-bond donors (Lipinski definition) is 1. The SMILES string of the molecule is Cc1nc(COc2ccccc2C(=O)NCCc2cccc(Cl)c2)no1. The van der Waals surface area contributed by atoms with Crippen LogP contribution in [-0.4, -0.2) is 22.6 Å². The molecule has 1 heterocycles. The molecule has 26 heavy (non-hydrogen) atoms. The van der Waals surface area contributed by atoms with E-state index in [-0.39, 0.29) is 12.5 Å². The Morgan fingerprint density at radius 2 is 2.08 bits per heavy atom. The number of halogens is 1. The average molecular weight is 372 g/mol. The molecule has 134 valence electrons. The molecule has 1 aromatic heterocycles. The largest absolute Gasteiger partial charge is 0.485 e. The second-order valence-electron chi connectivity index (χ2n) is 5.65. The van der Waals surface area contributed by atoms with Crippen LogP contribution in [-0.2, 0) is 13.0 Å². The van der Waals surface area contributed by atoms with Crippen LogP contribution in [0.5, 0.6) is 5.75 Å². The Hall–Kier alpha value is -2.86. The number of carbonyl (C=O) groups is 1. The van der Waals surface area contributed by atoms with Gasteiger partial charge in [-0.25, -0.2) is 0 Å². The predicted octanol–water partition coefficient (Wildman–Crippen LogP) is 3.58. The second kappa shape index (κ2) is 8.49. The summed E-state index contributed by atoms with van der Waals surface area (Å²) in [5.74, 6) is 1.16. The zero-order valence-electron chi connectivity index (χ0n) is 14.2. The van der Waals surface area contributed by atoms with Gasteiger partial charge in [0.15, 0.2) is 6.61 Å². The van der Waals surface area contributed by atoms with Crippen molar-refractivity contribution in [3.8, 4) is 5.75 Å². The van der Waals surface area contributed by atoms with Gasteiger partial charge in [0.1, 0.15) is 5.75 Å². The van der Waals surface area contributed by atoms with Gasteiger partial charge in [0.25, 0.3) is 5.91 Å². The summed E-state index contributed by atoms with van der Waals surface area (Å²) in [5.41, 5.74) is 1.52. The molecule has 6 nitrogen and oxygen atoms in total. The highest BCUT2D eigenvalue weighted by Crippen LogP contribution is 2.19. The Balaban J connectivity index is 1.58. The van der Waals surface area contributed by atoms with E-state index in [2.05, 4.69) is 15.5 Å². The quantitative estimate of drug-likeness (QED) is 0.686. The van der Waals surface area contributed by atoms with E-state index in [1.165, 1.54) is 0 Å². The Labute approximate surface area is 156 Å². The highest BCUT2D eigenvalue weighted by atomic mass is 35.5. The summed E-state index contributed by atoms with van der Waals surface area (Å²) in [6.07, 6.45) is 0.692. The number of nitrogens with one attached hydrogen (secondary N) is 1. The van der Waals surface area contributed by atoms with Gasteiger partial charge >= 0.3 is 0 Å². The van der Waals surface area contributed by atoms with Gasteiger partial charge in [-0.15, -0.1) is 0 Å². The number of carbonyl (C=O) groups excluding carboxylic acids is 1. The lowest BCUT2D eigenvalue weighted by molar-refractivity contribution is 0.0949. The van der Waals surface area contributed by atoms with Crippen molar-refractivity contribution in [2.24, 2.45) is 0 Å². The molecule has 0 radical (unpaired) electrons. The standard InChI is InChI=1S/C19H18ClN3O3/c1-13-22-18(23-26-13)12-25-17-8-3-2-7-16(17)19(24)21-10-9-14-5-4-6-15(20)11-14/h2-8,11H,9-10,12H2,1H3,(H,21,24). The lowest BCUT2D eigenvalue weighted by Gasteiger charge is -2.10. The fraction of sp³-hybridized carbons (Fsp3) is 0.211. The van der Waals surface area contributed by atoms with Crippen molar-refractivity contribution in [2.45, 2.75) is 20.0 Å². The predicted molar refractivity (Wildman–Crippen MR) is 97.3 cm³/mol. The number of aryl methyl sites for hydroxylation is 1. The first-order valence-electron chi connectivity index (χ1n) is 8.15. The Kier molecular flexibility index (Phi) is 5.86. The third kappa shape index (κ3) is 4.83. The van der Waals surface area contributed by atoms with Crippen LogP contribution in [0.3, 0.4) is 0 Å². The van der Waals surface area contributed by atoms with Crippen LogP contribution in [0.25, 0.3) is 0 Å². The second-order valence-corrected chi connectivity index (χ2v) is 6.09. The summed E-state index contributed by atoms with van der Waals surface area (Å²) >= 11 is 5.97. The van der Waals surface area contributed by atoms with E-state index >= 15 is 0 Å². The minimum absolute atomic E-state index is 0.129. The molecular formula is C19H18ClN3O3. The van der Waals surface area contributed by atoms with E-state index in [9.17, 15) is 4.79 Å². The van der Waals surface area contributed by atoms with Gasteiger partial charge in [-0.1, -0.05) is 41.0 Å². The van der Waals surface area contributed by atoms with Crippen LogP contribution in [0.15, 0.2) is 53.1 Å². The number of amides is 1. The lowest BCUT2D eigenvalue weighted by atomic mass is 10.1. The highest BCUT2D eigenvalue weighted by Gasteiger charge is 2.13. The van der Waals surface area contributed by atoms with Crippen molar-refractivity contribution in [3.63, 3.8) is 0 Å². The molecule has 7 heteroatoms. The number of para-hydroxylation sites is 1. The first-order chi connectivity index (χ1) is 12.6. The van der Waals surface area contributed by atoms with Crippen LogP contribution >= 0.6 is 11.6 Å². The number of ether oxygens (including phenoxy) is 1. The number of rotatable bonds is 7. The molecule has 1 amide bonds. The summed E-state index contributed by atoms with van der Waals surface area (Å²) in [6.45, 7) is 2.33. The molecule has 0 fully saturated rings. The summed E-state index contributed by atoms with van der Waals surface area (Å²) in [5, 5.41) is 7.36. The van der Waals surface area contributed by atoms with Gasteiger partial charge in [0, 0.05) is 18.5 Å². The van der Waals surface area contributed by atoms with E-state index in [0.29, 0.717) is 41.0 Å². The fourth-order valence-electron chi connectivity index (χ4n) is 2.43. The monoisotopic (exact) mass is 371 g/mol. The third-order valence-corrected chi connectivity index (χ3v) is 3.88. The molecule has 2 aromatic carbocycles. The normalized spacial score (nSPS) is 10.5. The van der Waals surface area contributed by atoms with Crippen LogP contribution in [0, 0.1) is 6.92 Å². The van der Waals surface area contributed by atoms with Gasteiger partial charge in [-0.05, 0) is 36.2 Å². The van der Waals surface area contributed by atoms with Gasteiger partial charge in [-0.2, -0.15) is 4.98 Å². The maximum atomic E-state index is 12.5. The summed E-state index contributed by atoms with van der Waals surface area (Å²) in [6, 6.07) is 14.6. The first-order valence-corrected chi connectivity index (χ1v) is 8.53. The van der Waals surface area contributed by atoms with Crippen molar-refractivity contribution >= 4 is 17.5 Å². The van der Waals surface area contributed by atoms with Crippen molar-refractivity contribution < 1.29 is 14.1 Å². The molecule has 0 aliphatic heterocycles. The maximum absolute atomic E-state index is 12.5. The molecule has 0 aliphatic rings. The third-order valence-electron chi connectivity index (χ3n) is 3.65. The summed E-state index contributed by atoms with van der Waals surface area (Å²) < 4.78 is 10.6. The zero-order valence-corrected chi connectivity index (χ0v) is 15.0. The smallest absolute Gasteiger partial charge is 0.255 e. The van der Waals surface area contributed by atoms with Crippen LogP contribution in [0.4, 0.5) is 0 Å². The molecular weight excluding hydrogens is 354 g/mol. The van der Waals surface area contributed by atoms with Gasteiger partial charge in [0.2, 0.25) is 11.7 Å². The molecule has 0 spiro atoms.